The summed E-state index contributed by atoms with van der Waals surface area (Å²) in [6, 6.07) is -0.109. The van der Waals surface area contributed by atoms with Crippen molar-refractivity contribution in [3.8, 4) is 0 Å². The number of carbonyl (C=O) groups is 2. The van der Waals surface area contributed by atoms with Crippen molar-refractivity contribution in [2.75, 3.05) is 6.54 Å². The molecule has 114 valence electrons. The van der Waals surface area contributed by atoms with Gasteiger partial charge in [0.05, 0.1) is 12.1 Å². The van der Waals surface area contributed by atoms with Crippen LogP contribution < -0.4 is 10.6 Å². The Balaban J connectivity index is 1.61. The Bertz CT molecular complexity index is 340. The molecule has 5 heteroatoms. The summed E-state index contributed by atoms with van der Waals surface area (Å²) in [7, 11) is 0. The fourth-order valence-corrected chi connectivity index (χ4v) is 3.19. The Hall–Kier alpha value is -1.10. The van der Waals surface area contributed by atoms with Gasteiger partial charge >= 0.3 is 0 Å². The minimum absolute atomic E-state index is 0.0809. The van der Waals surface area contributed by atoms with Crippen molar-refractivity contribution in [3.05, 3.63) is 0 Å². The van der Waals surface area contributed by atoms with Crippen molar-refractivity contribution < 1.29 is 14.7 Å². The van der Waals surface area contributed by atoms with E-state index in [1.165, 1.54) is 0 Å². The third kappa shape index (κ3) is 4.47. The van der Waals surface area contributed by atoms with Crippen molar-refractivity contribution in [2.45, 2.75) is 69.9 Å². The molecule has 2 amide bonds. The average molecular weight is 282 g/mol. The minimum atomic E-state index is -0.416. The van der Waals surface area contributed by atoms with Crippen molar-refractivity contribution in [1.29, 1.82) is 0 Å². The molecule has 0 saturated heterocycles. The number of carbonyl (C=O) groups excluding carboxylic acids is 2. The molecule has 2 aliphatic rings. The van der Waals surface area contributed by atoms with Crippen LogP contribution in [0.3, 0.4) is 0 Å². The maximum absolute atomic E-state index is 11.8. The maximum atomic E-state index is 11.8. The first-order valence-corrected chi connectivity index (χ1v) is 7.92. The van der Waals surface area contributed by atoms with Crippen LogP contribution in [-0.2, 0) is 9.59 Å². The predicted octanol–water partition coefficient (Wildman–Crippen LogP) is 1.10. The molecule has 0 aromatic rings. The van der Waals surface area contributed by atoms with Gasteiger partial charge in [0, 0.05) is 18.9 Å². The van der Waals surface area contributed by atoms with Crippen LogP contribution in [0.5, 0.6) is 0 Å². The smallest absolute Gasteiger partial charge is 0.223 e. The first-order valence-electron chi connectivity index (χ1n) is 7.92. The summed E-state index contributed by atoms with van der Waals surface area (Å²) >= 11 is 0. The van der Waals surface area contributed by atoms with Gasteiger partial charge in [-0.25, -0.2) is 0 Å². The van der Waals surface area contributed by atoms with E-state index in [0.29, 0.717) is 13.0 Å². The molecule has 0 spiro atoms. The number of rotatable bonds is 5. The molecule has 2 rings (SSSR count). The van der Waals surface area contributed by atoms with E-state index in [-0.39, 0.29) is 23.8 Å². The van der Waals surface area contributed by atoms with Gasteiger partial charge in [-0.05, 0) is 25.7 Å². The highest BCUT2D eigenvalue weighted by Crippen LogP contribution is 2.24. The molecule has 2 aliphatic carbocycles. The van der Waals surface area contributed by atoms with Gasteiger partial charge in [-0.15, -0.1) is 0 Å². The maximum Gasteiger partial charge on any atom is 0.223 e. The van der Waals surface area contributed by atoms with E-state index in [0.717, 1.165) is 51.4 Å². The zero-order valence-corrected chi connectivity index (χ0v) is 12.1. The van der Waals surface area contributed by atoms with Crippen LogP contribution in [0, 0.1) is 5.92 Å². The van der Waals surface area contributed by atoms with Crippen LogP contribution >= 0.6 is 0 Å². The van der Waals surface area contributed by atoms with Gasteiger partial charge in [0.15, 0.2) is 0 Å². The van der Waals surface area contributed by atoms with Crippen molar-refractivity contribution >= 4 is 11.8 Å². The fourth-order valence-electron chi connectivity index (χ4n) is 3.19. The molecule has 0 aromatic carbocycles. The van der Waals surface area contributed by atoms with E-state index in [4.69, 9.17) is 0 Å². The van der Waals surface area contributed by atoms with E-state index >= 15 is 0 Å². The average Bonchev–Trinajstić information content (AvgIpc) is 2.95. The topological polar surface area (TPSA) is 78.4 Å². The third-order valence-corrected chi connectivity index (χ3v) is 4.45. The van der Waals surface area contributed by atoms with E-state index in [1.54, 1.807) is 0 Å². The number of hydrogen-bond acceptors (Lipinski definition) is 3. The highest BCUT2D eigenvalue weighted by atomic mass is 16.3. The summed E-state index contributed by atoms with van der Waals surface area (Å²) in [5, 5.41) is 15.5. The Morgan fingerprint density at radius 2 is 1.65 bits per heavy atom. The largest absolute Gasteiger partial charge is 0.391 e. The van der Waals surface area contributed by atoms with Gasteiger partial charge in [0.25, 0.3) is 0 Å². The highest BCUT2D eigenvalue weighted by molar-refractivity contribution is 5.80. The Kier molecular flexibility index (Phi) is 5.83. The third-order valence-electron chi connectivity index (χ3n) is 4.45. The number of aliphatic hydroxyl groups is 1. The van der Waals surface area contributed by atoms with E-state index in [2.05, 4.69) is 10.6 Å². The summed E-state index contributed by atoms with van der Waals surface area (Å²) in [4.78, 5) is 23.6. The molecule has 2 saturated carbocycles. The summed E-state index contributed by atoms with van der Waals surface area (Å²) in [6.07, 6.45) is 7.81. The molecule has 20 heavy (non-hydrogen) atoms. The summed E-state index contributed by atoms with van der Waals surface area (Å²) in [5.41, 5.74) is 0. The fraction of sp³-hybridized carbons (Fsp3) is 0.867. The molecule has 0 unspecified atom stereocenters. The normalized spacial score (nSPS) is 27.2. The van der Waals surface area contributed by atoms with Crippen LogP contribution in [0.15, 0.2) is 0 Å². The molecule has 2 fully saturated rings. The first kappa shape index (κ1) is 15.3. The standard InChI is InChI=1S/C15H26N2O3/c18-13-8-4-3-7-12(13)17-14(19)9-10-16-15(20)11-5-1-2-6-11/h11-13,18H,1-10H2,(H,16,20)(H,17,19)/t12-,13-/m1/s1. The second-order valence-corrected chi connectivity index (χ2v) is 6.05. The number of nitrogens with one attached hydrogen (secondary N) is 2. The minimum Gasteiger partial charge on any atom is -0.391 e. The lowest BCUT2D eigenvalue weighted by atomic mass is 9.92. The molecule has 0 bridgehead atoms. The van der Waals surface area contributed by atoms with Crippen LogP contribution in [0.2, 0.25) is 0 Å². The van der Waals surface area contributed by atoms with E-state index in [9.17, 15) is 14.7 Å². The van der Waals surface area contributed by atoms with Gasteiger partial charge in [-0.3, -0.25) is 9.59 Å². The van der Waals surface area contributed by atoms with E-state index < -0.39 is 6.10 Å². The Morgan fingerprint density at radius 1 is 1.00 bits per heavy atom. The van der Waals surface area contributed by atoms with Gasteiger partial charge in [-0.1, -0.05) is 25.7 Å². The molecular weight excluding hydrogens is 256 g/mol. The van der Waals surface area contributed by atoms with Crippen molar-refractivity contribution in [3.63, 3.8) is 0 Å². The lowest BCUT2D eigenvalue weighted by Gasteiger charge is -2.28. The van der Waals surface area contributed by atoms with Gasteiger partial charge < -0.3 is 15.7 Å². The zero-order chi connectivity index (χ0) is 14.4. The predicted molar refractivity (Wildman–Crippen MR) is 76.0 cm³/mol. The quantitative estimate of drug-likeness (QED) is 0.706. The van der Waals surface area contributed by atoms with Crippen molar-refractivity contribution in [1.82, 2.24) is 10.6 Å². The van der Waals surface area contributed by atoms with Gasteiger partial charge in [0.1, 0.15) is 0 Å². The van der Waals surface area contributed by atoms with Crippen LogP contribution in [0.1, 0.15) is 57.8 Å². The van der Waals surface area contributed by atoms with Gasteiger partial charge in [0.2, 0.25) is 11.8 Å². The number of aliphatic hydroxyl groups excluding tert-OH is 1. The highest BCUT2D eigenvalue weighted by Gasteiger charge is 2.25. The molecule has 3 N–H and O–H groups in total. The van der Waals surface area contributed by atoms with E-state index in [1.807, 2.05) is 0 Å². The van der Waals surface area contributed by atoms with Gasteiger partial charge in [-0.2, -0.15) is 0 Å². The second-order valence-electron chi connectivity index (χ2n) is 6.05. The van der Waals surface area contributed by atoms with Crippen LogP contribution in [0.25, 0.3) is 0 Å². The lowest BCUT2D eigenvalue weighted by molar-refractivity contribution is -0.125. The Labute approximate surface area is 120 Å². The SMILES string of the molecule is O=C(CCNC(=O)C1CCCC1)N[C@@H]1CCCC[C@H]1O. The first-order chi connectivity index (χ1) is 9.66. The van der Waals surface area contributed by atoms with Crippen molar-refractivity contribution in [2.24, 2.45) is 5.92 Å². The molecule has 5 nitrogen and oxygen atoms in total. The molecule has 0 aliphatic heterocycles. The van der Waals surface area contributed by atoms with Crippen LogP contribution in [0.4, 0.5) is 0 Å². The number of amides is 2. The second kappa shape index (κ2) is 7.62. The molecule has 0 radical (unpaired) electrons. The molecule has 0 aromatic heterocycles. The number of hydrogen-bond donors (Lipinski definition) is 3. The Morgan fingerprint density at radius 3 is 2.35 bits per heavy atom. The zero-order valence-electron chi connectivity index (χ0n) is 12.1. The summed E-state index contributed by atoms with van der Waals surface area (Å²) in [5.74, 6) is 0.161. The molecule has 0 heterocycles. The lowest BCUT2D eigenvalue weighted by Crippen LogP contribution is -2.45. The summed E-state index contributed by atoms with van der Waals surface area (Å²) < 4.78 is 0. The molecular formula is C15H26N2O3. The summed E-state index contributed by atoms with van der Waals surface area (Å²) in [6.45, 7) is 0.393. The molecule has 2 atom stereocenters. The monoisotopic (exact) mass is 282 g/mol. The van der Waals surface area contributed by atoms with Crippen LogP contribution in [-0.4, -0.2) is 35.6 Å².